The summed E-state index contributed by atoms with van der Waals surface area (Å²) in [5.74, 6) is 0.164. The number of fused-ring (bicyclic) bond motifs is 2. The highest BCUT2D eigenvalue weighted by atomic mass is 32.1. The van der Waals surface area contributed by atoms with Crippen LogP contribution in [0.25, 0.3) is 21.0 Å². The molecule has 0 aliphatic carbocycles. The van der Waals surface area contributed by atoms with Gasteiger partial charge in [-0.15, -0.1) is 11.3 Å². The molecular weight excluding hydrogens is 402 g/mol. The average Bonchev–Trinajstić information content (AvgIpc) is 3.21. The van der Waals surface area contributed by atoms with Gasteiger partial charge in [-0.3, -0.25) is 14.4 Å². The normalized spacial score (nSPS) is 11.3. The maximum Gasteiger partial charge on any atom is 0.275 e. The van der Waals surface area contributed by atoms with Crippen LogP contribution in [-0.4, -0.2) is 37.1 Å². The Kier molecular flexibility index (Phi) is 5.45. The fraction of sp³-hybridized carbons (Fsp3) is 0.286. The van der Waals surface area contributed by atoms with Crippen molar-refractivity contribution in [3.63, 3.8) is 0 Å². The number of aryl methyl sites for hydroxylation is 1. The number of nitrogens with zero attached hydrogens (tertiary/aromatic N) is 4. The summed E-state index contributed by atoms with van der Waals surface area (Å²) in [7, 11) is 0. The van der Waals surface area contributed by atoms with Crippen molar-refractivity contribution in [3.8, 4) is 0 Å². The second kappa shape index (κ2) is 8.19. The molecule has 0 bridgehead atoms. The number of nitrogens with one attached hydrogen (secondary N) is 1. The van der Waals surface area contributed by atoms with Crippen LogP contribution in [0.4, 0.5) is 0 Å². The number of carbonyl (C=O) groups is 1. The third kappa shape index (κ3) is 3.76. The third-order valence-electron chi connectivity index (χ3n) is 4.89. The van der Waals surface area contributed by atoms with E-state index in [1.807, 2.05) is 31.4 Å². The van der Waals surface area contributed by atoms with Crippen molar-refractivity contribution in [3.05, 3.63) is 67.9 Å². The van der Waals surface area contributed by atoms with Crippen LogP contribution < -0.4 is 11.1 Å². The van der Waals surface area contributed by atoms with Crippen LogP contribution in [0.5, 0.6) is 0 Å². The molecule has 8 nitrogen and oxygen atoms in total. The number of hydrogen-bond acceptors (Lipinski definition) is 6. The lowest BCUT2D eigenvalue weighted by atomic mass is 10.1. The standard InChI is InChI=1S/C21H21N5O3S/c1-3-9-25(11-17-22-16-8-10-30-19(16)20(28)23-17)18(27)12-26-21(29)15-7-5-4-6-14(15)13(2)24-26/h4-8,10H,3,9,11-12H2,1-2H3,(H,22,23,28). The van der Waals surface area contributed by atoms with E-state index in [2.05, 4.69) is 15.1 Å². The highest BCUT2D eigenvalue weighted by molar-refractivity contribution is 7.17. The van der Waals surface area contributed by atoms with Crippen LogP contribution in [0.3, 0.4) is 0 Å². The van der Waals surface area contributed by atoms with E-state index in [1.54, 1.807) is 23.1 Å². The van der Waals surface area contributed by atoms with Crippen molar-refractivity contribution in [1.29, 1.82) is 0 Å². The van der Waals surface area contributed by atoms with Gasteiger partial charge in [0.15, 0.2) is 0 Å². The maximum absolute atomic E-state index is 13.0. The van der Waals surface area contributed by atoms with Gasteiger partial charge in [0.2, 0.25) is 5.91 Å². The Morgan fingerprint density at radius 3 is 2.73 bits per heavy atom. The number of H-pyrrole nitrogens is 1. The number of amides is 1. The van der Waals surface area contributed by atoms with E-state index in [4.69, 9.17) is 0 Å². The first-order chi connectivity index (χ1) is 14.5. The lowest BCUT2D eigenvalue weighted by Crippen LogP contribution is -2.38. The SMILES string of the molecule is CCCN(Cc1nc2ccsc2c(=O)[nH]1)C(=O)Cn1nc(C)c2ccccc2c1=O. The quantitative estimate of drug-likeness (QED) is 0.513. The fourth-order valence-corrected chi connectivity index (χ4v) is 4.20. The topological polar surface area (TPSA) is 101 Å². The predicted molar refractivity (Wildman–Crippen MR) is 117 cm³/mol. The number of aromatic nitrogens is 4. The number of carbonyl (C=O) groups excluding carboxylic acids is 1. The van der Waals surface area contributed by atoms with Crippen molar-refractivity contribution < 1.29 is 4.79 Å². The minimum Gasteiger partial charge on any atom is -0.334 e. The average molecular weight is 423 g/mol. The van der Waals surface area contributed by atoms with Gasteiger partial charge in [-0.25, -0.2) is 9.67 Å². The second-order valence-corrected chi connectivity index (χ2v) is 7.97. The molecule has 4 rings (SSSR count). The van der Waals surface area contributed by atoms with Crippen LogP contribution in [0.1, 0.15) is 24.9 Å². The van der Waals surface area contributed by atoms with E-state index in [1.165, 1.54) is 16.0 Å². The summed E-state index contributed by atoms with van der Waals surface area (Å²) < 4.78 is 1.77. The molecule has 0 saturated heterocycles. The van der Waals surface area contributed by atoms with Gasteiger partial charge in [0.1, 0.15) is 17.1 Å². The molecule has 0 saturated carbocycles. The van der Waals surface area contributed by atoms with E-state index >= 15 is 0 Å². The Morgan fingerprint density at radius 1 is 1.20 bits per heavy atom. The Balaban J connectivity index is 1.62. The minimum absolute atomic E-state index is 0.162. The van der Waals surface area contributed by atoms with E-state index in [9.17, 15) is 14.4 Å². The zero-order valence-electron chi connectivity index (χ0n) is 16.7. The van der Waals surface area contributed by atoms with E-state index in [-0.39, 0.29) is 30.1 Å². The first kappa shape index (κ1) is 20.0. The molecule has 0 unspecified atom stereocenters. The summed E-state index contributed by atoms with van der Waals surface area (Å²) in [6, 6.07) is 9.01. The summed E-state index contributed by atoms with van der Waals surface area (Å²) in [5.41, 5.74) is 0.795. The smallest absolute Gasteiger partial charge is 0.275 e. The molecule has 0 aliphatic rings. The van der Waals surface area contributed by atoms with Gasteiger partial charge in [0.25, 0.3) is 11.1 Å². The van der Waals surface area contributed by atoms with Gasteiger partial charge in [0, 0.05) is 11.9 Å². The minimum atomic E-state index is -0.299. The fourth-order valence-electron chi connectivity index (χ4n) is 3.48. The molecule has 0 atom stereocenters. The zero-order chi connectivity index (χ0) is 21.3. The molecule has 4 aromatic rings. The third-order valence-corrected chi connectivity index (χ3v) is 5.79. The van der Waals surface area contributed by atoms with Gasteiger partial charge >= 0.3 is 0 Å². The molecular formula is C21H21N5O3S. The maximum atomic E-state index is 13.0. The monoisotopic (exact) mass is 423 g/mol. The number of aromatic amines is 1. The van der Waals surface area contributed by atoms with E-state index in [0.717, 1.165) is 11.8 Å². The Morgan fingerprint density at radius 2 is 1.97 bits per heavy atom. The largest absolute Gasteiger partial charge is 0.334 e. The summed E-state index contributed by atoms with van der Waals surface area (Å²) in [5, 5.41) is 7.45. The highest BCUT2D eigenvalue weighted by Crippen LogP contribution is 2.15. The van der Waals surface area contributed by atoms with Crippen LogP contribution in [-0.2, 0) is 17.9 Å². The van der Waals surface area contributed by atoms with Crippen LogP contribution in [0.2, 0.25) is 0 Å². The van der Waals surface area contributed by atoms with Crippen molar-refractivity contribution in [2.75, 3.05) is 6.54 Å². The van der Waals surface area contributed by atoms with Crippen molar-refractivity contribution in [2.45, 2.75) is 33.4 Å². The molecule has 154 valence electrons. The van der Waals surface area contributed by atoms with Crippen LogP contribution in [0.15, 0.2) is 45.3 Å². The second-order valence-electron chi connectivity index (χ2n) is 7.06. The first-order valence-corrected chi connectivity index (χ1v) is 10.6. The first-order valence-electron chi connectivity index (χ1n) is 9.68. The van der Waals surface area contributed by atoms with E-state index in [0.29, 0.717) is 33.7 Å². The Labute approximate surface area is 175 Å². The molecule has 0 fully saturated rings. The number of rotatable bonds is 6. The lowest BCUT2D eigenvalue weighted by molar-refractivity contribution is -0.132. The zero-order valence-corrected chi connectivity index (χ0v) is 17.5. The van der Waals surface area contributed by atoms with Crippen LogP contribution in [0, 0.1) is 6.92 Å². The van der Waals surface area contributed by atoms with Gasteiger partial charge in [-0.2, -0.15) is 5.10 Å². The van der Waals surface area contributed by atoms with Gasteiger partial charge in [0.05, 0.1) is 23.1 Å². The molecule has 0 aliphatic heterocycles. The molecule has 0 spiro atoms. The van der Waals surface area contributed by atoms with Gasteiger partial charge < -0.3 is 9.88 Å². The van der Waals surface area contributed by atoms with Crippen molar-refractivity contribution in [1.82, 2.24) is 24.6 Å². The Bertz CT molecular complexity index is 1350. The molecule has 3 heterocycles. The van der Waals surface area contributed by atoms with Gasteiger partial charge in [-0.05, 0) is 30.9 Å². The van der Waals surface area contributed by atoms with E-state index < -0.39 is 0 Å². The number of thiophene rings is 1. The van der Waals surface area contributed by atoms with Crippen molar-refractivity contribution >= 4 is 38.2 Å². The summed E-state index contributed by atoms with van der Waals surface area (Å²) in [4.78, 5) is 46.8. The predicted octanol–water partition coefficient (Wildman–Crippen LogP) is 2.44. The molecule has 30 heavy (non-hydrogen) atoms. The Hall–Kier alpha value is -3.33. The molecule has 3 aromatic heterocycles. The highest BCUT2D eigenvalue weighted by Gasteiger charge is 2.18. The molecule has 1 aromatic carbocycles. The molecule has 9 heteroatoms. The molecule has 0 radical (unpaired) electrons. The summed E-state index contributed by atoms with van der Waals surface area (Å²) >= 11 is 1.33. The van der Waals surface area contributed by atoms with Gasteiger partial charge in [-0.1, -0.05) is 25.1 Å². The lowest BCUT2D eigenvalue weighted by Gasteiger charge is -2.22. The summed E-state index contributed by atoms with van der Waals surface area (Å²) in [6.07, 6.45) is 0.732. The van der Waals surface area contributed by atoms with Crippen LogP contribution >= 0.6 is 11.3 Å². The summed E-state index contributed by atoms with van der Waals surface area (Å²) in [6.45, 7) is 4.25. The molecule has 1 N–H and O–H groups in total. The number of benzene rings is 1. The number of hydrogen-bond donors (Lipinski definition) is 1. The van der Waals surface area contributed by atoms with Crippen molar-refractivity contribution in [2.24, 2.45) is 0 Å². The molecule has 1 amide bonds.